The molecule has 0 bridgehead atoms. The Labute approximate surface area is 198 Å². The third-order valence-electron chi connectivity index (χ3n) is 5.85. The largest absolute Gasteiger partial charge is 0.493 e. The van der Waals surface area contributed by atoms with E-state index in [1.807, 2.05) is 30.0 Å². The first-order valence-corrected chi connectivity index (χ1v) is 11.2. The van der Waals surface area contributed by atoms with Gasteiger partial charge in [-0.25, -0.2) is 4.39 Å². The second kappa shape index (κ2) is 11.3. The summed E-state index contributed by atoms with van der Waals surface area (Å²) in [5.41, 5.74) is 0.998. The maximum absolute atomic E-state index is 14.0. The monoisotopic (exact) mass is 477 g/mol. The molecule has 7 nitrogen and oxygen atoms in total. The van der Waals surface area contributed by atoms with Gasteiger partial charge in [-0.1, -0.05) is 17.7 Å². The molecule has 0 aliphatic carbocycles. The second-order valence-corrected chi connectivity index (χ2v) is 8.30. The van der Waals surface area contributed by atoms with Crippen molar-refractivity contribution in [2.75, 3.05) is 46.9 Å². The number of halogens is 2. The highest BCUT2D eigenvalue weighted by molar-refractivity contribution is 6.31. The number of benzene rings is 2. The van der Waals surface area contributed by atoms with Gasteiger partial charge >= 0.3 is 0 Å². The summed E-state index contributed by atoms with van der Waals surface area (Å²) in [5, 5.41) is 3.29. The third kappa shape index (κ3) is 6.15. The van der Waals surface area contributed by atoms with Crippen LogP contribution in [-0.4, -0.2) is 74.6 Å². The molecule has 1 N–H and O–H groups in total. The predicted octanol–water partition coefficient (Wildman–Crippen LogP) is 3.00. The van der Waals surface area contributed by atoms with Crippen LogP contribution >= 0.6 is 11.6 Å². The molecule has 33 heavy (non-hydrogen) atoms. The van der Waals surface area contributed by atoms with Crippen molar-refractivity contribution in [2.45, 2.75) is 19.4 Å². The topological polar surface area (TPSA) is 71.1 Å². The van der Waals surface area contributed by atoms with Crippen LogP contribution in [0, 0.1) is 5.82 Å². The maximum Gasteiger partial charge on any atom is 0.256 e. The fourth-order valence-electron chi connectivity index (χ4n) is 3.82. The molecular weight excluding hydrogens is 449 g/mol. The molecule has 0 spiro atoms. The highest BCUT2D eigenvalue weighted by Crippen LogP contribution is 2.27. The Bertz CT molecular complexity index is 996. The van der Waals surface area contributed by atoms with Crippen molar-refractivity contribution in [3.05, 3.63) is 58.4 Å². The van der Waals surface area contributed by atoms with E-state index in [9.17, 15) is 14.0 Å². The maximum atomic E-state index is 14.0. The number of hydrogen-bond donors (Lipinski definition) is 1. The van der Waals surface area contributed by atoms with E-state index in [-0.39, 0.29) is 23.4 Å². The molecule has 1 aliphatic rings. The number of carbonyl (C=O) groups is 2. The molecule has 2 amide bonds. The van der Waals surface area contributed by atoms with Crippen LogP contribution in [0.1, 0.15) is 22.8 Å². The zero-order valence-electron chi connectivity index (χ0n) is 19.1. The number of amides is 2. The van der Waals surface area contributed by atoms with Gasteiger partial charge in [0, 0.05) is 37.7 Å². The number of methoxy groups -OCH3 is 2. The molecular formula is C24H29ClFN3O4. The molecule has 1 heterocycles. The SMILES string of the molecule is COc1ccc(CCNC(=O)C(C)N2CCN(C(=O)c3cc(Cl)ccc3F)CC2)cc1OC. The van der Waals surface area contributed by atoms with Crippen LogP contribution in [-0.2, 0) is 11.2 Å². The summed E-state index contributed by atoms with van der Waals surface area (Å²) in [6, 6.07) is 9.30. The molecule has 2 aromatic carbocycles. The minimum Gasteiger partial charge on any atom is -0.493 e. The Morgan fingerprint density at radius 3 is 2.42 bits per heavy atom. The molecule has 1 aliphatic heterocycles. The Morgan fingerprint density at radius 2 is 1.76 bits per heavy atom. The number of hydrogen-bond acceptors (Lipinski definition) is 5. The number of piperazine rings is 1. The third-order valence-corrected chi connectivity index (χ3v) is 6.08. The van der Waals surface area contributed by atoms with E-state index in [1.165, 1.54) is 18.2 Å². The first kappa shape index (κ1) is 24.8. The van der Waals surface area contributed by atoms with Crippen molar-refractivity contribution in [1.82, 2.24) is 15.1 Å². The summed E-state index contributed by atoms with van der Waals surface area (Å²) in [7, 11) is 3.17. The van der Waals surface area contributed by atoms with Crippen LogP contribution in [0.2, 0.25) is 5.02 Å². The average Bonchev–Trinajstić information content (AvgIpc) is 2.84. The lowest BCUT2D eigenvalue weighted by atomic mass is 10.1. The van der Waals surface area contributed by atoms with Gasteiger partial charge in [0.25, 0.3) is 5.91 Å². The van der Waals surface area contributed by atoms with E-state index in [4.69, 9.17) is 21.1 Å². The van der Waals surface area contributed by atoms with Crippen molar-refractivity contribution < 1.29 is 23.5 Å². The molecule has 1 fully saturated rings. The standard InChI is InChI=1S/C24H29ClFN3O4/c1-16(23(30)27-9-8-17-4-7-21(32-2)22(14-17)33-3)28-10-12-29(13-11-28)24(31)19-15-18(25)5-6-20(19)26/h4-7,14-16H,8-13H2,1-3H3,(H,27,30). The first-order chi connectivity index (χ1) is 15.8. The molecule has 0 aromatic heterocycles. The first-order valence-electron chi connectivity index (χ1n) is 10.8. The number of nitrogens with zero attached hydrogens (tertiary/aromatic N) is 2. The lowest BCUT2D eigenvalue weighted by Crippen LogP contribution is -2.55. The summed E-state index contributed by atoms with van der Waals surface area (Å²) in [5.74, 6) is 0.265. The highest BCUT2D eigenvalue weighted by atomic mass is 35.5. The summed E-state index contributed by atoms with van der Waals surface area (Å²) >= 11 is 5.91. The molecule has 3 rings (SSSR count). The van der Waals surface area contributed by atoms with E-state index >= 15 is 0 Å². The van der Waals surface area contributed by atoms with Crippen molar-refractivity contribution in [3.63, 3.8) is 0 Å². The van der Waals surface area contributed by atoms with Gasteiger partial charge in [-0.2, -0.15) is 0 Å². The quantitative estimate of drug-likeness (QED) is 0.633. The lowest BCUT2D eigenvalue weighted by molar-refractivity contribution is -0.126. The summed E-state index contributed by atoms with van der Waals surface area (Å²) in [6.45, 7) is 4.21. The summed E-state index contributed by atoms with van der Waals surface area (Å²) in [6.07, 6.45) is 0.659. The minimum atomic E-state index is -0.589. The molecule has 178 valence electrons. The predicted molar refractivity (Wildman–Crippen MR) is 125 cm³/mol. The van der Waals surface area contributed by atoms with Crippen molar-refractivity contribution >= 4 is 23.4 Å². The Kier molecular flexibility index (Phi) is 8.52. The number of rotatable bonds is 8. The number of ether oxygens (including phenoxy) is 2. The zero-order chi connectivity index (χ0) is 24.0. The zero-order valence-corrected chi connectivity index (χ0v) is 19.8. The van der Waals surface area contributed by atoms with Crippen LogP contribution in [0.5, 0.6) is 11.5 Å². The summed E-state index contributed by atoms with van der Waals surface area (Å²) in [4.78, 5) is 28.9. The molecule has 1 atom stereocenters. The van der Waals surface area contributed by atoms with E-state index in [0.717, 1.165) is 5.56 Å². The van der Waals surface area contributed by atoms with E-state index in [1.54, 1.807) is 19.1 Å². The van der Waals surface area contributed by atoms with Crippen molar-refractivity contribution in [2.24, 2.45) is 0 Å². The van der Waals surface area contributed by atoms with Crippen LogP contribution < -0.4 is 14.8 Å². The minimum absolute atomic E-state index is 0.0306. The number of nitrogens with one attached hydrogen (secondary N) is 1. The van der Waals surface area contributed by atoms with Gasteiger partial charge in [-0.3, -0.25) is 14.5 Å². The van der Waals surface area contributed by atoms with Gasteiger partial charge < -0.3 is 19.7 Å². The van der Waals surface area contributed by atoms with E-state index < -0.39 is 5.82 Å². The van der Waals surface area contributed by atoms with Gasteiger partial charge in [-0.15, -0.1) is 0 Å². The van der Waals surface area contributed by atoms with E-state index in [2.05, 4.69) is 5.32 Å². The Hall–Kier alpha value is -2.84. The molecule has 0 radical (unpaired) electrons. The second-order valence-electron chi connectivity index (χ2n) is 7.86. The molecule has 9 heteroatoms. The number of carbonyl (C=O) groups excluding carboxylic acids is 2. The van der Waals surface area contributed by atoms with Gasteiger partial charge in [0.05, 0.1) is 25.8 Å². The van der Waals surface area contributed by atoms with Crippen LogP contribution in [0.15, 0.2) is 36.4 Å². The van der Waals surface area contributed by atoms with Gasteiger partial charge in [-0.05, 0) is 49.2 Å². The van der Waals surface area contributed by atoms with Gasteiger partial charge in [0.1, 0.15) is 5.82 Å². The molecule has 0 saturated carbocycles. The van der Waals surface area contributed by atoms with Crippen molar-refractivity contribution in [1.29, 1.82) is 0 Å². The normalized spacial score (nSPS) is 15.1. The van der Waals surface area contributed by atoms with E-state index in [0.29, 0.717) is 55.7 Å². The summed E-state index contributed by atoms with van der Waals surface area (Å²) < 4.78 is 24.6. The van der Waals surface area contributed by atoms with Gasteiger partial charge in [0.2, 0.25) is 5.91 Å². The Morgan fingerprint density at radius 1 is 1.06 bits per heavy atom. The fraction of sp³-hybridized carbons (Fsp3) is 0.417. The fourth-order valence-corrected chi connectivity index (χ4v) is 4.00. The highest BCUT2D eigenvalue weighted by Gasteiger charge is 2.28. The van der Waals surface area contributed by atoms with Crippen LogP contribution in [0.25, 0.3) is 0 Å². The molecule has 1 unspecified atom stereocenters. The average molecular weight is 478 g/mol. The Balaban J connectivity index is 1.47. The molecule has 2 aromatic rings. The van der Waals surface area contributed by atoms with Crippen molar-refractivity contribution in [3.8, 4) is 11.5 Å². The van der Waals surface area contributed by atoms with Gasteiger partial charge in [0.15, 0.2) is 11.5 Å². The molecule has 1 saturated heterocycles. The lowest BCUT2D eigenvalue weighted by Gasteiger charge is -2.37. The smallest absolute Gasteiger partial charge is 0.256 e. The van der Waals surface area contributed by atoms with Crippen LogP contribution in [0.4, 0.5) is 4.39 Å². The van der Waals surface area contributed by atoms with Crippen LogP contribution in [0.3, 0.4) is 0 Å².